The molecule has 30 heavy (non-hydrogen) atoms. The third-order valence-corrected chi connectivity index (χ3v) is 5.53. The van der Waals surface area contributed by atoms with E-state index in [9.17, 15) is 14.4 Å². The lowest BCUT2D eigenvalue weighted by molar-refractivity contribution is -0.133. The first kappa shape index (κ1) is 19.8. The number of hydrogen-bond acceptors (Lipinski definition) is 5. The molecule has 2 aromatic heterocycles. The van der Waals surface area contributed by atoms with Gasteiger partial charge in [-0.1, -0.05) is 12.1 Å². The Labute approximate surface area is 173 Å². The van der Waals surface area contributed by atoms with Gasteiger partial charge in [0.25, 0.3) is 5.91 Å². The van der Waals surface area contributed by atoms with Gasteiger partial charge in [-0.05, 0) is 30.9 Å². The second-order valence-electron chi connectivity index (χ2n) is 7.62. The van der Waals surface area contributed by atoms with E-state index in [2.05, 4.69) is 15.5 Å². The van der Waals surface area contributed by atoms with Crippen LogP contribution >= 0.6 is 0 Å². The quantitative estimate of drug-likeness (QED) is 0.673. The molecule has 9 heteroatoms. The molecule has 1 aromatic carbocycles. The van der Waals surface area contributed by atoms with E-state index in [0.717, 1.165) is 12.8 Å². The molecule has 1 N–H and O–H groups in total. The normalized spacial score (nSPS) is 14.8. The third-order valence-electron chi connectivity index (χ3n) is 5.53. The lowest BCUT2D eigenvalue weighted by Crippen LogP contribution is -2.43. The average Bonchev–Trinajstić information content (AvgIpc) is 3.21. The fourth-order valence-electron chi connectivity index (χ4n) is 3.78. The Morgan fingerprint density at radius 2 is 1.90 bits per heavy atom. The molecule has 1 saturated heterocycles. The number of carbonyl (C=O) groups excluding carboxylic acids is 2. The van der Waals surface area contributed by atoms with Crippen molar-refractivity contribution in [2.75, 3.05) is 19.6 Å². The molecule has 0 unspecified atom stereocenters. The summed E-state index contributed by atoms with van der Waals surface area (Å²) >= 11 is 0. The van der Waals surface area contributed by atoms with Crippen LogP contribution in [0, 0.1) is 5.92 Å². The summed E-state index contributed by atoms with van der Waals surface area (Å²) in [5.74, 6) is 0.188. The Morgan fingerprint density at radius 3 is 2.63 bits per heavy atom. The molecule has 0 aliphatic carbocycles. The Kier molecular flexibility index (Phi) is 5.60. The number of likely N-dealkylation sites (tertiary alicyclic amines) is 1. The molecule has 9 nitrogen and oxygen atoms in total. The fraction of sp³-hybridized carbons (Fsp3) is 0.381. The second kappa shape index (κ2) is 8.48. The Balaban J connectivity index is 1.30. The van der Waals surface area contributed by atoms with Gasteiger partial charge >= 0.3 is 0 Å². The van der Waals surface area contributed by atoms with Gasteiger partial charge in [-0.2, -0.15) is 10.2 Å². The van der Waals surface area contributed by atoms with Crippen LogP contribution in [0.3, 0.4) is 0 Å². The first-order valence-corrected chi connectivity index (χ1v) is 10.0. The number of amides is 2. The standard InChI is InChI=1S/C21H24N6O3/c1-25-13-16(11-23-25)21(30)22-10-15-6-8-26(9-7-15)20(29)14-27-18-5-3-2-4-17(18)19(28)12-24-27/h2-5,11-13,15H,6-10,14H2,1H3,(H,22,30). The summed E-state index contributed by atoms with van der Waals surface area (Å²) in [6, 6.07) is 7.17. The van der Waals surface area contributed by atoms with E-state index in [-0.39, 0.29) is 23.8 Å². The fourth-order valence-corrected chi connectivity index (χ4v) is 3.78. The van der Waals surface area contributed by atoms with Crippen LogP contribution in [0.5, 0.6) is 0 Å². The summed E-state index contributed by atoms with van der Waals surface area (Å²) in [6.45, 7) is 1.97. The predicted molar refractivity (Wildman–Crippen MR) is 111 cm³/mol. The van der Waals surface area contributed by atoms with E-state index in [4.69, 9.17) is 0 Å². The number of piperidine rings is 1. The molecule has 1 aliphatic rings. The molecule has 0 atom stereocenters. The number of hydrogen-bond donors (Lipinski definition) is 1. The highest BCUT2D eigenvalue weighted by Crippen LogP contribution is 2.17. The van der Waals surface area contributed by atoms with Crippen LogP contribution < -0.4 is 10.7 Å². The molecule has 4 rings (SSSR count). The molecule has 0 bridgehead atoms. The largest absolute Gasteiger partial charge is 0.352 e. The van der Waals surface area contributed by atoms with Crippen molar-refractivity contribution >= 4 is 22.7 Å². The van der Waals surface area contributed by atoms with Crippen LogP contribution in [0.2, 0.25) is 0 Å². The lowest BCUT2D eigenvalue weighted by Gasteiger charge is -2.32. The highest BCUT2D eigenvalue weighted by Gasteiger charge is 2.24. The molecular formula is C21H24N6O3. The van der Waals surface area contributed by atoms with E-state index in [1.807, 2.05) is 11.0 Å². The van der Waals surface area contributed by atoms with Gasteiger partial charge in [-0.3, -0.25) is 23.7 Å². The molecule has 1 aliphatic heterocycles. The van der Waals surface area contributed by atoms with E-state index >= 15 is 0 Å². The van der Waals surface area contributed by atoms with Gasteiger partial charge < -0.3 is 10.2 Å². The smallest absolute Gasteiger partial charge is 0.254 e. The molecule has 2 amide bonds. The van der Waals surface area contributed by atoms with Crippen molar-refractivity contribution < 1.29 is 9.59 Å². The number of rotatable bonds is 5. The van der Waals surface area contributed by atoms with Crippen molar-refractivity contribution in [3.8, 4) is 0 Å². The SMILES string of the molecule is Cn1cc(C(=O)NCC2CCN(C(=O)Cn3ncc(=O)c4ccccc43)CC2)cn1. The van der Waals surface area contributed by atoms with Crippen molar-refractivity contribution in [3.05, 3.63) is 58.6 Å². The number of carbonyl (C=O) groups is 2. The summed E-state index contributed by atoms with van der Waals surface area (Å²) < 4.78 is 3.18. The van der Waals surface area contributed by atoms with Crippen molar-refractivity contribution in [2.24, 2.45) is 13.0 Å². The molecule has 3 heterocycles. The minimum absolute atomic E-state index is 0.0193. The van der Waals surface area contributed by atoms with Gasteiger partial charge in [-0.15, -0.1) is 0 Å². The Morgan fingerprint density at radius 1 is 1.13 bits per heavy atom. The van der Waals surface area contributed by atoms with Crippen LogP contribution in [-0.4, -0.2) is 55.9 Å². The first-order valence-electron chi connectivity index (χ1n) is 10.0. The minimum atomic E-state index is -0.150. The van der Waals surface area contributed by atoms with E-state index in [1.165, 1.54) is 6.20 Å². The third kappa shape index (κ3) is 4.24. The van der Waals surface area contributed by atoms with Gasteiger partial charge in [0.15, 0.2) is 0 Å². The number of fused-ring (bicyclic) bond motifs is 1. The summed E-state index contributed by atoms with van der Waals surface area (Å²) in [6.07, 6.45) is 6.15. The van der Waals surface area contributed by atoms with E-state index in [0.29, 0.717) is 42.0 Å². The topological polar surface area (TPSA) is 102 Å². The number of aromatic nitrogens is 4. The number of para-hydroxylation sites is 1. The minimum Gasteiger partial charge on any atom is -0.352 e. The highest BCUT2D eigenvalue weighted by atomic mass is 16.2. The molecule has 1 fully saturated rings. The van der Waals surface area contributed by atoms with Crippen LogP contribution in [-0.2, 0) is 18.4 Å². The zero-order chi connectivity index (χ0) is 21.1. The maximum atomic E-state index is 12.8. The zero-order valence-corrected chi connectivity index (χ0v) is 16.8. The van der Waals surface area contributed by atoms with Gasteiger partial charge in [0.1, 0.15) is 6.54 Å². The van der Waals surface area contributed by atoms with Crippen molar-refractivity contribution in [1.29, 1.82) is 0 Å². The monoisotopic (exact) mass is 408 g/mol. The molecule has 0 radical (unpaired) electrons. The van der Waals surface area contributed by atoms with E-state index in [1.54, 1.807) is 47.0 Å². The number of nitrogens with zero attached hydrogens (tertiary/aromatic N) is 5. The maximum absolute atomic E-state index is 12.8. The lowest BCUT2D eigenvalue weighted by atomic mass is 9.96. The van der Waals surface area contributed by atoms with Crippen molar-refractivity contribution in [3.63, 3.8) is 0 Å². The molecule has 0 saturated carbocycles. The van der Waals surface area contributed by atoms with Crippen molar-refractivity contribution in [2.45, 2.75) is 19.4 Å². The van der Waals surface area contributed by atoms with Crippen LogP contribution in [0.15, 0.2) is 47.7 Å². The van der Waals surface area contributed by atoms with Crippen LogP contribution in [0.4, 0.5) is 0 Å². The van der Waals surface area contributed by atoms with Gasteiger partial charge in [-0.25, -0.2) is 0 Å². The van der Waals surface area contributed by atoms with Gasteiger partial charge in [0.2, 0.25) is 11.3 Å². The average molecular weight is 408 g/mol. The zero-order valence-electron chi connectivity index (χ0n) is 16.8. The van der Waals surface area contributed by atoms with Crippen LogP contribution in [0.25, 0.3) is 10.9 Å². The summed E-state index contributed by atoms with van der Waals surface area (Å²) in [7, 11) is 1.77. The van der Waals surface area contributed by atoms with Gasteiger partial charge in [0.05, 0.1) is 23.5 Å². The number of aryl methyl sites for hydroxylation is 1. The van der Waals surface area contributed by atoms with Crippen molar-refractivity contribution in [1.82, 2.24) is 29.8 Å². The summed E-state index contributed by atoms with van der Waals surface area (Å²) in [5, 5.41) is 11.7. The summed E-state index contributed by atoms with van der Waals surface area (Å²) in [4.78, 5) is 38.7. The first-order chi connectivity index (χ1) is 14.5. The molecule has 3 aromatic rings. The number of benzene rings is 1. The molecule has 0 spiro atoms. The predicted octanol–water partition coefficient (Wildman–Crippen LogP) is 0.799. The Bertz CT molecular complexity index is 1130. The van der Waals surface area contributed by atoms with Gasteiger partial charge in [0, 0.05) is 38.3 Å². The van der Waals surface area contributed by atoms with E-state index < -0.39 is 0 Å². The number of nitrogens with one attached hydrogen (secondary N) is 1. The second-order valence-corrected chi connectivity index (χ2v) is 7.62. The molecule has 156 valence electrons. The highest BCUT2D eigenvalue weighted by molar-refractivity contribution is 5.93. The molecular weight excluding hydrogens is 384 g/mol. The maximum Gasteiger partial charge on any atom is 0.254 e. The Hall–Kier alpha value is -3.49. The summed E-state index contributed by atoms with van der Waals surface area (Å²) in [5.41, 5.74) is 1.06. The van der Waals surface area contributed by atoms with Crippen LogP contribution in [0.1, 0.15) is 23.2 Å².